The average Bonchev–Trinajstić information content (AvgIpc) is 2.93. The molecule has 2 rings (SSSR count). The van der Waals surface area contributed by atoms with E-state index in [0.717, 1.165) is 49.2 Å². The normalized spacial score (nSPS) is 18.4. The molecule has 0 bridgehead atoms. The van der Waals surface area contributed by atoms with Crippen LogP contribution in [0.15, 0.2) is 16.5 Å². The van der Waals surface area contributed by atoms with Crippen molar-refractivity contribution in [1.82, 2.24) is 20.4 Å². The van der Waals surface area contributed by atoms with E-state index in [9.17, 15) is 4.79 Å². The fourth-order valence-corrected chi connectivity index (χ4v) is 3.29. The minimum absolute atomic E-state index is 0.0471. The fraction of sp³-hybridized carbons (Fsp3) is 0.688. The smallest absolute Gasteiger partial charge is 0.317 e. The number of nitrogens with zero attached hydrogens (tertiary/aromatic N) is 2. The SMILES string of the molecule is C[C@@H]1CNCCN1C(=O)NCCSCc1ccc(CN(C)C)o1. The lowest BCUT2D eigenvalue weighted by molar-refractivity contribution is 0.165. The monoisotopic (exact) mass is 340 g/mol. The Bertz CT molecular complexity index is 492. The topological polar surface area (TPSA) is 60.8 Å². The van der Waals surface area contributed by atoms with E-state index in [-0.39, 0.29) is 12.1 Å². The number of hydrogen-bond acceptors (Lipinski definition) is 5. The van der Waals surface area contributed by atoms with Gasteiger partial charge in [0.05, 0.1) is 12.3 Å². The van der Waals surface area contributed by atoms with Crippen LogP contribution in [0.1, 0.15) is 18.4 Å². The van der Waals surface area contributed by atoms with Gasteiger partial charge >= 0.3 is 6.03 Å². The van der Waals surface area contributed by atoms with Crippen LogP contribution in [0.2, 0.25) is 0 Å². The number of carbonyl (C=O) groups excluding carboxylic acids is 1. The van der Waals surface area contributed by atoms with Crippen LogP contribution in [0.3, 0.4) is 0 Å². The van der Waals surface area contributed by atoms with Crippen LogP contribution in [0.5, 0.6) is 0 Å². The van der Waals surface area contributed by atoms with E-state index in [1.54, 1.807) is 11.8 Å². The molecular formula is C16H28N4O2S. The standard InChI is InChI=1S/C16H28N4O2S/c1-13-10-17-6-8-20(13)16(21)18-7-9-23-12-15-5-4-14(22-15)11-19(2)3/h4-5,13,17H,6-12H2,1-3H3,(H,18,21)/t13-/m1/s1. The molecule has 7 heteroatoms. The van der Waals surface area contributed by atoms with Crippen molar-refractivity contribution in [3.63, 3.8) is 0 Å². The average molecular weight is 340 g/mol. The third kappa shape index (κ3) is 6.08. The summed E-state index contributed by atoms with van der Waals surface area (Å²) in [6, 6.07) is 4.37. The third-order valence-electron chi connectivity index (χ3n) is 3.72. The highest BCUT2D eigenvalue weighted by Crippen LogP contribution is 2.16. The Labute approximate surface area is 143 Å². The van der Waals surface area contributed by atoms with E-state index in [2.05, 4.69) is 22.5 Å². The molecule has 0 radical (unpaired) electrons. The van der Waals surface area contributed by atoms with Crippen molar-refractivity contribution < 1.29 is 9.21 Å². The number of piperazine rings is 1. The largest absolute Gasteiger partial charge is 0.464 e. The second-order valence-electron chi connectivity index (χ2n) is 6.14. The van der Waals surface area contributed by atoms with Crippen LogP contribution in [0, 0.1) is 0 Å². The van der Waals surface area contributed by atoms with Gasteiger partial charge in [-0.3, -0.25) is 0 Å². The van der Waals surface area contributed by atoms with Crippen molar-refractivity contribution in [3.05, 3.63) is 23.7 Å². The van der Waals surface area contributed by atoms with Crippen LogP contribution in [0.4, 0.5) is 4.79 Å². The minimum atomic E-state index is 0.0471. The molecule has 1 aromatic rings. The molecule has 6 nitrogen and oxygen atoms in total. The molecule has 1 saturated heterocycles. The van der Waals surface area contributed by atoms with Gasteiger partial charge in [-0.25, -0.2) is 4.79 Å². The number of nitrogens with one attached hydrogen (secondary N) is 2. The van der Waals surface area contributed by atoms with E-state index in [1.165, 1.54) is 0 Å². The molecule has 2 N–H and O–H groups in total. The summed E-state index contributed by atoms with van der Waals surface area (Å²) in [5.41, 5.74) is 0. The van der Waals surface area contributed by atoms with Crippen molar-refractivity contribution >= 4 is 17.8 Å². The summed E-state index contributed by atoms with van der Waals surface area (Å²) >= 11 is 1.78. The Balaban J connectivity index is 1.60. The summed E-state index contributed by atoms with van der Waals surface area (Å²) in [7, 11) is 4.05. The maximum atomic E-state index is 12.1. The van der Waals surface area contributed by atoms with Crippen LogP contribution < -0.4 is 10.6 Å². The summed E-state index contributed by atoms with van der Waals surface area (Å²) < 4.78 is 5.77. The van der Waals surface area contributed by atoms with Gasteiger partial charge < -0.3 is 24.9 Å². The third-order valence-corrected chi connectivity index (χ3v) is 4.70. The molecule has 1 atom stereocenters. The zero-order chi connectivity index (χ0) is 16.7. The van der Waals surface area contributed by atoms with Gasteiger partial charge in [-0.05, 0) is 33.2 Å². The molecule has 0 saturated carbocycles. The van der Waals surface area contributed by atoms with Gasteiger partial charge in [-0.15, -0.1) is 0 Å². The lowest BCUT2D eigenvalue weighted by Crippen LogP contribution is -2.55. The highest BCUT2D eigenvalue weighted by atomic mass is 32.2. The molecule has 2 heterocycles. The van der Waals surface area contributed by atoms with Crippen LogP contribution in [-0.4, -0.2) is 67.9 Å². The van der Waals surface area contributed by atoms with Gasteiger partial charge in [0.25, 0.3) is 0 Å². The minimum Gasteiger partial charge on any atom is -0.464 e. The maximum Gasteiger partial charge on any atom is 0.317 e. The number of hydrogen-bond donors (Lipinski definition) is 2. The molecule has 0 aromatic carbocycles. The number of amides is 2. The predicted octanol–water partition coefficient (Wildman–Crippen LogP) is 1.58. The maximum absolute atomic E-state index is 12.1. The summed E-state index contributed by atoms with van der Waals surface area (Å²) in [4.78, 5) is 16.1. The van der Waals surface area contributed by atoms with Gasteiger partial charge in [0.15, 0.2) is 0 Å². The summed E-state index contributed by atoms with van der Waals surface area (Å²) in [6.07, 6.45) is 0. The highest BCUT2D eigenvalue weighted by Gasteiger charge is 2.22. The van der Waals surface area contributed by atoms with Crippen LogP contribution in [0.25, 0.3) is 0 Å². The fourth-order valence-electron chi connectivity index (χ4n) is 2.54. The zero-order valence-corrected chi connectivity index (χ0v) is 15.1. The van der Waals surface area contributed by atoms with E-state index < -0.39 is 0 Å². The molecule has 1 aliphatic rings. The summed E-state index contributed by atoms with van der Waals surface area (Å²) in [5.74, 6) is 3.71. The second kappa shape index (κ2) is 9.20. The number of thioether (sulfide) groups is 1. The molecular weight excluding hydrogens is 312 g/mol. The first-order valence-electron chi connectivity index (χ1n) is 8.11. The van der Waals surface area contributed by atoms with Gasteiger partial charge in [-0.1, -0.05) is 0 Å². The first-order chi connectivity index (χ1) is 11.1. The second-order valence-corrected chi connectivity index (χ2v) is 7.24. The van der Waals surface area contributed by atoms with Crippen LogP contribution in [-0.2, 0) is 12.3 Å². The Morgan fingerprint density at radius 2 is 2.26 bits per heavy atom. The number of furan rings is 1. The summed E-state index contributed by atoms with van der Waals surface area (Å²) in [5, 5.41) is 6.29. The van der Waals surface area contributed by atoms with Crippen molar-refractivity contribution in [2.45, 2.75) is 25.3 Å². The van der Waals surface area contributed by atoms with Crippen LogP contribution >= 0.6 is 11.8 Å². The molecule has 2 amide bonds. The highest BCUT2D eigenvalue weighted by molar-refractivity contribution is 7.98. The Morgan fingerprint density at radius 3 is 3.00 bits per heavy atom. The first kappa shape index (κ1) is 18.2. The van der Waals surface area contributed by atoms with Gasteiger partial charge in [0.1, 0.15) is 11.5 Å². The Hall–Kier alpha value is -1.18. The quantitative estimate of drug-likeness (QED) is 0.738. The van der Waals surface area contributed by atoms with E-state index >= 15 is 0 Å². The van der Waals surface area contributed by atoms with Crippen molar-refractivity contribution in [3.8, 4) is 0 Å². The van der Waals surface area contributed by atoms with Crippen molar-refractivity contribution in [2.24, 2.45) is 0 Å². The zero-order valence-electron chi connectivity index (χ0n) is 14.3. The molecule has 23 heavy (non-hydrogen) atoms. The Morgan fingerprint density at radius 1 is 1.48 bits per heavy atom. The van der Waals surface area contributed by atoms with Gasteiger partial charge in [0, 0.05) is 38.0 Å². The van der Waals surface area contributed by atoms with Gasteiger partial charge in [-0.2, -0.15) is 11.8 Å². The van der Waals surface area contributed by atoms with Gasteiger partial charge in [0.2, 0.25) is 0 Å². The molecule has 130 valence electrons. The molecule has 0 spiro atoms. The summed E-state index contributed by atoms with van der Waals surface area (Å²) in [6.45, 7) is 6.11. The van der Waals surface area contributed by atoms with E-state index in [0.29, 0.717) is 6.54 Å². The lowest BCUT2D eigenvalue weighted by atomic mass is 10.2. The number of urea groups is 1. The molecule has 1 fully saturated rings. The predicted molar refractivity (Wildman–Crippen MR) is 94.7 cm³/mol. The lowest BCUT2D eigenvalue weighted by Gasteiger charge is -2.33. The first-order valence-corrected chi connectivity index (χ1v) is 9.27. The van der Waals surface area contributed by atoms with E-state index in [1.807, 2.05) is 31.1 Å². The number of rotatable bonds is 7. The molecule has 1 aliphatic heterocycles. The van der Waals surface area contributed by atoms with E-state index in [4.69, 9.17) is 4.42 Å². The Kier molecular flexibility index (Phi) is 7.26. The number of carbonyl (C=O) groups is 1. The molecule has 0 unspecified atom stereocenters. The molecule has 0 aliphatic carbocycles. The van der Waals surface area contributed by atoms with Crippen molar-refractivity contribution in [2.75, 3.05) is 46.0 Å². The molecule has 1 aromatic heterocycles. The van der Waals surface area contributed by atoms with Crippen molar-refractivity contribution in [1.29, 1.82) is 0 Å².